The molecule has 0 aliphatic carbocycles. The van der Waals surface area contributed by atoms with Crippen LogP contribution in [0, 0.1) is 41.4 Å². The molecular weight excluding hydrogens is 120 g/mol. The molecule has 0 aromatic heterocycles. The molecule has 0 aliphatic heterocycles. The van der Waals surface area contributed by atoms with E-state index in [0.29, 0.717) is 0 Å². The third-order valence-corrected chi connectivity index (χ3v) is 0.885. The standard InChI is InChI=1S/C10H10/c1-5-7-9-10(3,4)8-6-2/h1H,2-4H3. The Kier molecular flexibility index (Phi) is 3.17. The van der Waals surface area contributed by atoms with Crippen molar-refractivity contribution in [1.82, 2.24) is 0 Å². The van der Waals surface area contributed by atoms with Crippen LogP contribution >= 0.6 is 0 Å². The van der Waals surface area contributed by atoms with Crippen LogP contribution in [0.5, 0.6) is 0 Å². The fourth-order valence-electron chi connectivity index (χ4n) is 0.536. The quantitative estimate of drug-likeness (QED) is 0.437. The smallest absolute Gasteiger partial charge is 0.0872 e. The van der Waals surface area contributed by atoms with Gasteiger partial charge in [0.2, 0.25) is 0 Å². The SMILES string of the molecule is C#CC#CC(C)(C)C#CC. The van der Waals surface area contributed by atoms with Crippen LogP contribution in [0.15, 0.2) is 0 Å². The lowest BCUT2D eigenvalue weighted by Crippen LogP contribution is -2.02. The predicted octanol–water partition coefficient (Wildman–Crippen LogP) is 1.67. The van der Waals surface area contributed by atoms with Crippen molar-refractivity contribution in [2.24, 2.45) is 5.41 Å². The minimum absolute atomic E-state index is 0.263. The summed E-state index contributed by atoms with van der Waals surface area (Å²) in [5.41, 5.74) is -0.263. The van der Waals surface area contributed by atoms with E-state index < -0.39 is 0 Å². The lowest BCUT2D eigenvalue weighted by atomic mass is 9.95. The van der Waals surface area contributed by atoms with Crippen molar-refractivity contribution >= 4 is 0 Å². The number of rotatable bonds is 0. The van der Waals surface area contributed by atoms with Gasteiger partial charge in [0, 0.05) is 0 Å². The Bertz CT molecular complexity index is 252. The van der Waals surface area contributed by atoms with Gasteiger partial charge in [-0.1, -0.05) is 11.8 Å². The van der Waals surface area contributed by atoms with Gasteiger partial charge in [0.05, 0.1) is 5.41 Å². The first kappa shape index (κ1) is 8.68. The highest BCUT2D eigenvalue weighted by atomic mass is 14.1. The summed E-state index contributed by atoms with van der Waals surface area (Å²) in [6, 6.07) is 0. The molecular formula is C10H10. The predicted molar refractivity (Wildman–Crippen MR) is 43.8 cm³/mol. The second-order valence-corrected chi connectivity index (χ2v) is 2.39. The molecule has 0 aromatic rings. The average molecular weight is 130 g/mol. The van der Waals surface area contributed by atoms with Gasteiger partial charge >= 0.3 is 0 Å². The third kappa shape index (κ3) is 3.65. The lowest BCUT2D eigenvalue weighted by Gasteiger charge is -2.05. The van der Waals surface area contributed by atoms with Crippen LogP contribution in [0.2, 0.25) is 0 Å². The molecule has 0 saturated carbocycles. The van der Waals surface area contributed by atoms with Crippen molar-refractivity contribution < 1.29 is 0 Å². The topological polar surface area (TPSA) is 0 Å². The van der Waals surface area contributed by atoms with Crippen LogP contribution in [0.4, 0.5) is 0 Å². The maximum atomic E-state index is 4.96. The highest BCUT2D eigenvalue weighted by molar-refractivity contribution is 5.30. The first-order valence-electron chi connectivity index (χ1n) is 3.04. The molecule has 0 heteroatoms. The summed E-state index contributed by atoms with van der Waals surface area (Å²) in [4.78, 5) is 0. The Morgan fingerprint density at radius 1 is 1.20 bits per heavy atom. The van der Waals surface area contributed by atoms with Gasteiger partial charge in [-0.05, 0) is 32.6 Å². The van der Waals surface area contributed by atoms with Crippen molar-refractivity contribution in [3.63, 3.8) is 0 Å². The highest BCUT2D eigenvalue weighted by Crippen LogP contribution is 2.09. The molecule has 0 heterocycles. The molecule has 0 aliphatic rings. The summed E-state index contributed by atoms with van der Waals surface area (Å²) in [5.74, 6) is 13.4. The molecule has 0 fully saturated rings. The van der Waals surface area contributed by atoms with Crippen LogP contribution in [0.1, 0.15) is 20.8 Å². The molecule has 0 nitrogen and oxygen atoms in total. The minimum Gasteiger partial charge on any atom is -0.106 e. The molecule has 10 heavy (non-hydrogen) atoms. The fourth-order valence-corrected chi connectivity index (χ4v) is 0.536. The summed E-state index contributed by atoms with van der Waals surface area (Å²) in [5, 5.41) is 0. The average Bonchev–Trinajstić information content (AvgIpc) is 1.84. The highest BCUT2D eigenvalue weighted by Gasteiger charge is 2.07. The normalized spacial score (nSPS) is 7.80. The Morgan fingerprint density at radius 3 is 2.20 bits per heavy atom. The summed E-state index contributed by atoms with van der Waals surface area (Å²) in [6.07, 6.45) is 4.96. The summed E-state index contributed by atoms with van der Waals surface area (Å²) in [6.45, 7) is 5.67. The van der Waals surface area contributed by atoms with Crippen LogP contribution < -0.4 is 0 Å². The molecule has 0 radical (unpaired) electrons. The molecule has 0 aromatic carbocycles. The van der Waals surface area contributed by atoms with Gasteiger partial charge in [0.25, 0.3) is 0 Å². The number of hydrogen-bond donors (Lipinski definition) is 0. The van der Waals surface area contributed by atoms with Gasteiger partial charge in [-0.3, -0.25) is 0 Å². The van der Waals surface area contributed by atoms with E-state index in [-0.39, 0.29) is 5.41 Å². The van der Waals surface area contributed by atoms with E-state index in [4.69, 9.17) is 6.42 Å². The maximum Gasteiger partial charge on any atom is 0.0872 e. The third-order valence-electron chi connectivity index (χ3n) is 0.885. The molecule has 0 rings (SSSR count). The monoisotopic (exact) mass is 130 g/mol. The van der Waals surface area contributed by atoms with E-state index in [0.717, 1.165) is 0 Å². The first-order valence-corrected chi connectivity index (χ1v) is 3.04. The Labute approximate surface area is 63.0 Å². The van der Waals surface area contributed by atoms with Crippen LogP contribution in [0.25, 0.3) is 0 Å². The van der Waals surface area contributed by atoms with E-state index in [9.17, 15) is 0 Å². The summed E-state index contributed by atoms with van der Waals surface area (Å²) < 4.78 is 0. The zero-order valence-electron chi connectivity index (χ0n) is 6.58. The van der Waals surface area contributed by atoms with Crippen molar-refractivity contribution in [2.75, 3.05) is 0 Å². The van der Waals surface area contributed by atoms with Gasteiger partial charge < -0.3 is 0 Å². The number of hydrogen-bond acceptors (Lipinski definition) is 0. The Balaban J connectivity index is 4.40. The van der Waals surface area contributed by atoms with Crippen molar-refractivity contribution in [1.29, 1.82) is 0 Å². The molecule has 0 N–H and O–H groups in total. The van der Waals surface area contributed by atoms with E-state index in [1.807, 2.05) is 13.8 Å². The lowest BCUT2D eigenvalue weighted by molar-refractivity contribution is 0.686. The van der Waals surface area contributed by atoms with Crippen molar-refractivity contribution in [3.8, 4) is 36.0 Å². The van der Waals surface area contributed by atoms with Gasteiger partial charge in [0.1, 0.15) is 0 Å². The molecule has 0 bridgehead atoms. The van der Waals surface area contributed by atoms with E-state index in [2.05, 4.69) is 29.6 Å². The Morgan fingerprint density at radius 2 is 1.80 bits per heavy atom. The second-order valence-electron chi connectivity index (χ2n) is 2.39. The second kappa shape index (κ2) is 3.66. The molecule has 0 spiro atoms. The molecule has 0 atom stereocenters. The van der Waals surface area contributed by atoms with E-state index in [1.165, 1.54) is 0 Å². The van der Waals surface area contributed by atoms with Crippen LogP contribution in [-0.2, 0) is 0 Å². The zero-order valence-corrected chi connectivity index (χ0v) is 6.58. The summed E-state index contributed by atoms with van der Waals surface area (Å²) >= 11 is 0. The van der Waals surface area contributed by atoms with Crippen LogP contribution in [-0.4, -0.2) is 0 Å². The zero-order chi connectivity index (χ0) is 8.04. The molecule has 0 saturated heterocycles. The largest absolute Gasteiger partial charge is 0.106 e. The van der Waals surface area contributed by atoms with E-state index >= 15 is 0 Å². The van der Waals surface area contributed by atoms with Gasteiger partial charge in [-0.25, -0.2) is 0 Å². The summed E-state index contributed by atoms with van der Waals surface area (Å²) in [7, 11) is 0. The molecule has 0 unspecified atom stereocenters. The minimum atomic E-state index is -0.263. The maximum absolute atomic E-state index is 4.96. The van der Waals surface area contributed by atoms with E-state index in [1.54, 1.807) is 6.92 Å². The first-order chi connectivity index (χ1) is 4.62. The fraction of sp³-hybridized carbons (Fsp3) is 0.400. The van der Waals surface area contributed by atoms with Crippen molar-refractivity contribution in [2.45, 2.75) is 20.8 Å². The Hall–Kier alpha value is -1.32. The van der Waals surface area contributed by atoms with Gasteiger partial charge in [0.15, 0.2) is 0 Å². The van der Waals surface area contributed by atoms with Crippen LogP contribution in [0.3, 0.4) is 0 Å². The molecule has 50 valence electrons. The number of terminal acetylenes is 1. The van der Waals surface area contributed by atoms with Gasteiger partial charge in [-0.15, -0.1) is 12.3 Å². The van der Waals surface area contributed by atoms with Gasteiger partial charge in [-0.2, -0.15) is 0 Å². The van der Waals surface area contributed by atoms with Crippen molar-refractivity contribution in [3.05, 3.63) is 0 Å². The molecule has 0 amide bonds.